The van der Waals surface area contributed by atoms with E-state index in [1.165, 1.54) is 18.2 Å². The van der Waals surface area contributed by atoms with Gasteiger partial charge in [0.05, 0.1) is 16.1 Å². The molecule has 0 heterocycles. The van der Waals surface area contributed by atoms with Crippen molar-refractivity contribution < 1.29 is 41.4 Å². The van der Waals surface area contributed by atoms with E-state index < -0.39 is 28.1 Å². The number of carbonyl (C=O) groups is 2. The minimum atomic E-state index is -5.08. The first-order chi connectivity index (χ1) is 16.4. The molecule has 0 aliphatic rings. The summed E-state index contributed by atoms with van der Waals surface area (Å²) in [6.45, 7) is 9.73. The van der Waals surface area contributed by atoms with Crippen LogP contribution in [-0.4, -0.2) is 49.8 Å². The molecule has 0 saturated heterocycles. The minimum Gasteiger partial charge on any atom is -0.478 e. The quantitative estimate of drug-likeness (QED) is 0.339. The molecule has 2 aromatic rings. The molecule has 2 aromatic carbocycles. The molecule has 0 saturated carbocycles. The molecule has 13 heteroatoms. The van der Waals surface area contributed by atoms with E-state index in [1.807, 2.05) is 4.90 Å². The van der Waals surface area contributed by atoms with E-state index in [-0.39, 0.29) is 16.1 Å². The Bertz CT molecular complexity index is 1140. The summed E-state index contributed by atoms with van der Waals surface area (Å²) in [7, 11) is -3.82. The van der Waals surface area contributed by atoms with Crippen molar-refractivity contribution in [2.45, 2.75) is 38.8 Å². The molecule has 0 aliphatic heterocycles. The van der Waals surface area contributed by atoms with E-state index in [4.69, 9.17) is 9.90 Å². The summed E-state index contributed by atoms with van der Waals surface area (Å²) in [6, 6.07) is 10.9. The van der Waals surface area contributed by atoms with Crippen LogP contribution in [-0.2, 0) is 14.8 Å². The number of nitrogens with one attached hydrogen (secondary N) is 1. The Morgan fingerprint density at radius 3 is 1.83 bits per heavy atom. The molecular formula is C23H28BrF3N2O6S. The molecule has 200 valence electrons. The van der Waals surface area contributed by atoms with E-state index in [0.29, 0.717) is 30.6 Å². The summed E-state index contributed by atoms with van der Waals surface area (Å²) >= 11 is 3.27. The van der Waals surface area contributed by atoms with Crippen LogP contribution in [0.5, 0.6) is 0 Å². The number of benzene rings is 2. The number of rotatable bonds is 9. The Morgan fingerprint density at radius 1 is 0.972 bits per heavy atom. The van der Waals surface area contributed by atoms with Gasteiger partial charge in [0.2, 0.25) is 0 Å². The van der Waals surface area contributed by atoms with Crippen molar-refractivity contribution in [3.8, 4) is 0 Å². The molecule has 0 fully saturated rings. The zero-order valence-corrected chi connectivity index (χ0v) is 22.4. The number of alkyl halides is 3. The highest BCUT2D eigenvalue weighted by molar-refractivity contribution is 9.10. The predicted octanol–water partition coefficient (Wildman–Crippen LogP) is 5.70. The molecule has 2 rings (SSSR count). The van der Waals surface area contributed by atoms with Gasteiger partial charge < -0.3 is 15.1 Å². The van der Waals surface area contributed by atoms with Gasteiger partial charge in [-0.2, -0.15) is 13.2 Å². The lowest BCUT2D eigenvalue weighted by Gasteiger charge is -2.30. The Morgan fingerprint density at radius 2 is 1.44 bits per heavy atom. The molecule has 0 aliphatic carbocycles. The second-order valence-electron chi connectivity index (χ2n) is 8.59. The standard InChI is InChI=1S/C21H27BrN2O4S.C2HF3O2/c1-14(2)12-24(13-15(3)4)20-10-7-17(11-19(20)21(25)26)23-29(27,28)18-8-5-16(22)6-9-18;3-2(4,5)1(6)7/h5-11,14-15,23H,12-13H2,1-4H3,(H,25,26);(H,6,7). The largest absolute Gasteiger partial charge is 0.490 e. The fraction of sp³-hybridized carbons (Fsp3) is 0.391. The monoisotopic (exact) mass is 596 g/mol. The van der Waals surface area contributed by atoms with E-state index in [0.717, 1.165) is 4.47 Å². The van der Waals surface area contributed by atoms with Crippen molar-refractivity contribution in [3.63, 3.8) is 0 Å². The smallest absolute Gasteiger partial charge is 0.478 e. The number of aliphatic carboxylic acids is 1. The molecule has 0 amide bonds. The first kappa shape index (κ1) is 31.2. The van der Waals surface area contributed by atoms with E-state index >= 15 is 0 Å². The number of hydrogen-bond acceptors (Lipinski definition) is 5. The Kier molecular flexibility index (Phi) is 11.2. The molecule has 0 bridgehead atoms. The maximum Gasteiger partial charge on any atom is 0.490 e. The number of nitrogens with zero attached hydrogens (tertiary/aromatic N) is 1. The van der Waals surface area contributed by atoms with Crippen molar-refractivity contribution in [1.29, 1.82) is 0 Å². The van der Waals surface area contributed by atoms with Gasteiger partial charge in [0, 0.05) is 23.2 Å². The molecule has 36 heavy (non-hydrogen) atoms. The molecule has 0 spiro atoms. The second kappa shape index (κ2) is 12.9. The molecular weight excluding hydrogens is 569 g/mol. The second-order valence-corrected chi connectivity index (χ2v) is 11.2. The number of halogens is 4. The molecule has 3 N–H and O–H groups in total. The normalized spacial score (nSPS) is 11.6. The summed E-state index contributed by atoms with van der Waals surface area (Å²) in [5.74, 6) is -3.15. The van der Waals surface area contributed by atoms with Crippen LogP contribution in [0.4, 0.5) is 24.5 Å². The van der Waals surface area contributed by atoms with Crippen LogP contribution in [0.2, 0.25) is 0 Å². The van der Waals surface area contributed by atoms with Crippen LogP contribution >= 0.6 is 15.9 Å². The zero-order chi connectivity index (χ0) is 27.8. The highest BCUT2D eigenvalue weighted by atomic mass is 79.9. The zero-order valence-electron chi connectivity index (χ0n) is 20.0. The van der Waals surface area contributed by atoms with Gasteiger partial charge in [0.15, 0.2) is 0 Å². The van der Waals surface area contributed by atoms with Crippen molar-refractivity contribution in [2.75, 3.05) is 22.7 Å². The van der Waals surface area contributed by atoms with Gasteiger partial charge in [-0.15, -0.1) is 0 Å². The van der Waals surface area contributed by atoms with Crippen LogP contribution in [0.3, 0.4) is 0 Å². The predicted molar refractivity (Wildman–Crippen MR) is 134 cm³/mol. The third-order valence-corrected chi connectivity index (χ3v) is 6.28. The van der Waals surface area contributed by atoms with Crippen LogP contribution < -0.4 is 9.62 Å². The number of carboxylic acid groups (broad SMARTS) is 2. The van der Waals surface area contributed by atoms with Crippen LogP contribution in [0, 0.1) is 11.8 Å². The summed E-state index contributed by atoms with van der Waals surface area (Å²) < 4.78 is 60.2. The van der Waals surface area contributed by atoms with Crippen molar-refractivity contribution in [2.24, 2.45) is 11.8 Å². The molecule has 8 nitrogen and oxygen atoms in total. The lowest BCUT2D eigenvalue weighted by Crippen LogP contribution is -2.32. The lowest BCUT2D eigenvalue weighted by molar-refractivity contribution is -0.192. The summed E-state index contributed by atoms with van der Waals surface area (Å²) in [5.41, 5.74) is 0.872. The van der Waals surface area contributed by atoms with Crippen molar-refractivity contribution in [1.82, 2.24) is 0 Å². The van der Waals surface area contributed by atoms with Crippen molar-refractivity contribution >= 4 is 49.3 Å². The Labute approximate surface area is 216 Å². The first-order valence-electron chi connectivity index (χ1n) is 10.6. The number of anilines is 2. The molecule has 0 aromatic heterocycles. The number of carboxylic acids is 2. The van der Waals surface area contributed by atoms with Crippen molar-refractivity contribution in [3.05, 3.63) is 52.5 Å². The van der Waals surface area contributed by atoms with Gasteiger partial charge >= 0.3 is 18.1 Å². The fourth-order valence-corrected chi connectivity index (χ4v) is 4.34. The van der Waals surface area contributed by atoms with E-state index in [9.17, 15) is 31.5 Å². The summed E-state index contributed by atoms with van der Waals surface area (Å²) in [5, 5.41) is 16.9. The van der Waals surface area contributed by atoms with Crippen LogP contribution in [0.25, 0.3) is 0 Å². The third-order valence-electron chi connectivity index (χ3n) is 4.36. The average Bonchev–Trinajstić information content (AvgIpc) is 2.72. The number of hydrogen-bond donors (Lipinski definition) is 3. The number of aromatic carboxylic acids is 1. The third kappa shape index (κ3) is 10.1. The molecule has 0 unspecified atom stereocenters. The first-order valence-corrected chi connectivity index (χ1v) is 12.9. The highest BCUT2D eigenvalue weighted by Crippen LogP contribution is 2.28. The summed E-state index contributed by atoms with van der Waals surface area (Å²) in [4.78, 5) is 23.0. The van der Waals surface area contributed by atoms with Crippen LogP contribution in [0.15, 0.2) is 51.8 Å². The SMILES string of the molecule is CC(C)CN(CC(C)C)c1ccc(NS(=O)(=O)c2ccc(Br)cc2)cc1C(=O)O.O=C(O)C(F)(F)F. The Hall–Kier alpha value is -2.80. The van der Waals surface area contributed by atoms with E-state index in [2.05, 4.69) is 48.3 Å². The van der Waals surface area contributed by atoms with Gasteiger partial charge in [-0.1, -0.05) is 43.6 Å². The van der Waals surface area contributed by atoms with Gasteiger partial charge in [0.1, 0.15) is 0 Å². The maximum atomic E-state index is 12.6. The van der Waals surface area contributed by atoms with Gasteiger partial charge in [-0.3, -0.25) is 4.72 Å². The van der Waals surface area contributed by atoms with Crippen LogP contribution in [0.1, 0.15) is 38.1 Å². The topological polar surface area (TPSA) is 124 Å². The van der Waals surface area contributed by atoms with Gasteiger partial charge in [0.25, 0.3) is 10.0 Å². The highest BCUT2D eigenvalue weighted by Gasteiger charge is 2.38. The average molecular weight is 597 g/mol. The van der Waals surface area contributed by atoms with Gasteiger partial charge in [-0.05, 0) is 54.3 Å². The fourth-order valence-electron chi connectivity index (χ4n) is 3.03. The summed E-state index contributed by atoms with van der Waals surface area (Å²) in [6.07, 6.45) is -5.08. The Balaban J connectivity index is 0.000000809. The van der Waals surface area contributed by atoms with E-state index in [1.54, 1.807) is 24.3 Å². The van der Waals surface area contributed by atoms with Gasteiger partial charge in [-0.25, -0.2) is 18.0 Å². The minimum absolute atomic E-state index is 0.0716. The molecule has 0 radical (unpaired) electrons. The lowest BCUT2D eigenvalue weighted by atomic mass is 10.1. The maximum absolute atomic E-state index is 12.6. The number of sulfonamides is 1. The molecule has 0 atom stereocenters.